The first-order chi connectivity index (χ1) is 11.6. The lowest BCUT2D eigenvalue weighted by Gasteiger charge is -2.29. The molecule has 3 rings (SSSR count). The van der Waals surface area contributed by atoms with Crippen LogP contribution in [0.4, 0.5) is 15.8 Å². The largest absolute Gasteiger partial charge is 0.378 e. The van der Waals surface area contributed by atoms with Crippen molar-refractivity contribution in [2.75, 3.05) is 36.5 Å². The van der Waals surface area contributed by atoms with Crippen LogP contribution in [0.1, 0.15) is 11.1 Å². The SMILES string of the molecule is Cc1cc(N2CCOCC2)ccc1NC(=O)Cc1cccc(F)c1. The van der Waals surface area contributed by atoms with Crippen LogP contribution in [-0.4, -0.2) is 32.2 Å². The molecule has 1 fully saturated rings. The molecule has 24 heavy (non-hydrogen) atoms. The zero-order chi connectivity index (χ0) is 16.9. The lowest BCUT2D eigenvalue weighted by atomic mass is 10.1. The summed E-state index contributed by atoms with van der Waals surface area (Å²) < 4.78 is 18.6. The van der Waals surface area contributed by atoms with Gasteiger partial charge in [0.1, 0.15) is 5.82 Å². The fourth-order valence-corrected chi connectivity index (χ4v) is 2.83. The van der Waals surface area contributed by atoms with Crippen LogP contribution in [0.3, 0.4) is 0 Å². The number of hydrogen-bond acceptors (Lipinski definition) is 3. The van der Waals surface area contributed by atoms with E-state index in [2.05, 4.69) is 16.3 Å². The van der Waals surface area contributed by atoms with Crippen LogP contribution in [0.2, 0.25) is 0 Å². The van der Waals surface area contributed by atoms with Gasteiger partial charge in [-0.2, -0.15) is 0 Å². The summed E-state index contributed by atoms with van der Waals surface area (Å²) in [6.07, 6.45) is 0.155. The third-order valence-electron chi connectivity index (χ3n) is 4.11. The third-order valence-corrected chi connectivity index (χ3v) is 4.11. The number of hydrogen-bond donors (Lipinski definition) is 1. The lowest BCUT2D eigenvalue weighted by molar-refractivity contribution is -0.115. The highest BCUT2D eigenvalue weighted by Gasteiger charge is 2.13. The Morgan fingerprint density at radius 1 is 1.21 bits per heavy atom. The summed E-state index contributed by atoms with van der Waals surface area (Å²) in [6.45, 7) is 5.22. The summed E-state index contributed by atoms with van der Waals surface area (Å²) in [6, 6.07) is 12.1. The molecule has 0 saturated carbocycles. The molecule has 0 atom stereocenters. The Hall–Kier alpha value is -2.40. The molecule has 2 aromatic rings. The highest BCUT2D eigenvalue weighted by Crippen LogP contribution is 2.23. The van der Waals surface area contributed by atoms with Crippen molar-refractivity contribution >= 4 is 17.3 Å². The highest BCUT2D eigenvalue weighted by atomic mass is 19.1. The molecule has 1 amide bonds. The molecule has 1 N–H and O–H groups in total. The van der Waals surface area contributed by atoms with Gasteiger partial charge in [-0.05, 0) is 48.4 Å². The first kappa shape index (κ1) is 16.5. The molecule has 0 radical (unpaired) electrons. The van der Waals surface area contributed by atoms with E-state index < -0.39 is 0 Å². The van der Waals surface area contributed by atoms with Crippen LogP contribution in [0.25, 0.3) is 0 Å². The van der Waals surface area contributed by atoms with Crippen molar-refractivity contribution in [2.24, 2.45) is 0 Å². The van der Waals surface area contributed by atoms with Crippen molar-refractivity contribution < 1.29 is 13.9 Å². The molecule has 5 heteroatoms. The molecule has 0 spiro atoms. The minimum atomic E-state index is -0.327. The van der Waals surface area contributed by atoms with Gasteiger partial charge in [0.2, 0.25) is 5.91 Å². The van der Waals surface area contributed by atoms with E-state index in [9.17, 15) is 9.18 Å². The maximum absolute atomic E-state index is 13.2. The standard InChI is InChI=1S/C19H21FN2O2/c1-14-11-17(22-7-9-24-10-8-22)5-6-18(14)21-19(23)13-15-3-2-4-16(20)12-15/h2-6,11-12H,7-10,13H2,1H3,(H,21,23). The number of amides is 1. The molecular weight excluding hydrogens is 307 g/mol. The number of nitrogens with zero attached hydrogens (tertiary/aromatic N) is 1. The monoisotopic (exact) mass is 328 g/mol. The Morgan fingerprint density at radius 3 is 2.71 bits per heavy atom. The molecule has 1 aliphatic rings. The van der Waals surface area contributed by atoms with Crippen LogP contribution in [0.15, 0.2) is 42.5 Å². The fourth-order valence-electron chi connectivity index (χ4n) is 2.83. The number of ether oxygens (including phenoxy) is 1. The molecule has 0 unspecified atom stereocenters. The Kier molecular flexibility index (Phi) is 5.11. The van der Waals surface area contributed by atoms with E-state index in [1.54, 1.807) is 12.1 Å². The number of carbonyl (C=O) groups excluding carboxylic acids is 1. The van der Waals surface area contributed by atoms with Crippen LogP contribution >= 0.6 is 0 Å². The average Bonchev–Trinajstić information content (AvgIpc) is 2.57. The molecule has 4 nitrogen and oxygen atoms in total. The summed E-state index contributed by atoms with van der Waals surface area (Å²) in [5.74, 6) is -0.478. The van der Waals surface area contributed by atoms with Gasteiger partial charge >= 0.3 is 0 Å². The van der Waals surface area contributed by atoms with Crippen molar-refractivity contribution in [3.63, 3.8) is 0 Å². The van der Waals surface area contributed by atoms with E-state index in [0.717, 1.165) is 43.2 Å². The van der Waals surface area contributed by atoms with E-state index in [1.165, 1.54) is 12.1 Å². The maximum Gasteiger partial charge on any atom is 0.228 e. The van der Waals surface area contributed by atoms with Gasteiger partial charge in [0.15, 0.2) is 0 Å². The first-order valence-electron chi connectivity index (χ1n) is 8.09. The van der Waals surface area contributed by atoms with Gasteiger partial charge in [-0.3, -0.25) is 4.79 Å². The molecule has 2 aromatic carbocycles. The second kappa shape index (κ2) is 7.45. The maximum atomic E-state index is 13.2. The van der Waals surface area contributed by atoms with Crippen LogP contribution in [0.5, 0.6) is 0 Å². The van der Waals surface area contributed by atoms with Gasteiger partial charge in [0.25, 0.3) is 0 Å². The van der Waals surface area contributed by atoms with Gasteiger partial charge in [0, 0.05) is 24.5 Å². The number of carbonyl (C=O) groups is 1. The minimum Gasteiger partial charge on any atom is -0.378 e. The predicted molar refractivity (Wildman–Crippen MR) is 92.9 cm³/mol. The second-order valence-corrected chi connectivity index (χ2v) is 5.95. The van der Waals surface area contributed by atoms with E-state index in [-0.39, 0.29) is 18.1 Å². The van der Waals surface area contributed by atoms with Crippen molar-refractivity contribution in [3.8, 4) is 0 Å². The molecule has 1 heterocycles. The number of aryl methyl sites for hydroxylation is 1. The number of benzene rings is 2. The number of morpholine rings is 1. The highest BCUT2D eigenvalue weighted by molar-refractivity contribution is 5.93. The Labute approximate surface area is 141 Å². The summed E-state index contributed by atoms with van der Waals surface area (Å²) in [5.41, 5.74) is 3.59. The Morgan fingerprint density at radius 2 is 2.00 bits per heavy atom. The number of nitrogens with one attached hydrogen (secondary N) is 1. The van der Waals surface area contributed by atoms with Crippen molar-refractivity contribution in [2.45, 2.75) is 13.3 Å². The number of halogens is 1. The fraction of sp³-hybridized carbons (Fsp3) is 0.316. The van der Waals surface area contributed by atoms with Crippen molar-refractivity contribution in [3.05, 3.63) is 59.4 Å². The van der Waals surface area contributed by atoms with E-state index in [0.29, 0.717) is 5.56 Å². The van der Waals surface area contributed by atoms with Crippen molar-refractivity contribution in [1.29, 1.82) is 0 Å². The van der Waals surface area contributed by atoms with Crippen LogP contribution in [-0.2, 0) is 16.0 Å². The quantitative estimate of drug-likeness (QED) is 0.937. The predicted octanol–water partition coefficient (Wildman–Crippen LogP) is 3.15. The molecule has 0 bridgehead atoms. The molecule has 1 aliphatic heterocycles. The van der Waals surface area contributed by atoms with Crippen molar-refractivity contribution in [1.82, 2.24) is 0 Å². The molecule has 0 aliphatic carbocycles. The number of rotatable bonds is 4. The first-order valence-corrected chi connectivity index (χ1v) is 8.09. The summed E-state index contributed by atoms with van der Waals surface area (Å²) in [7, 11) is 0. The Balaban J connectivity index is 1.65. The van der Waals surface area contributed by atoms with Gasteiger partial charge in [0.05, 0.1) is 19.6 Å². The topological polar surface area (TPSA) is 41.6 Å². The third kappa shape index (κ3) is 4.11. The van der Waals surface area contributed by atoms with Gasteiger partial charge in [-0.15, -0.1) is 0 Å². The summed E-state index contributed by atoms with van der Waals surface area (Å²) >= 11 is 0. The lowest BCUT2D eigenvalue weighted by Crippen LogP contribution is -2.36. The van der Waals surface area contributed by atoms with E-state index in [1.807, 2.05) is 19.1 Å². The van der Waals surface area contributed by atoms with Gasteiger partial charge in [-0.1, -0.05) is 12.1 Å². The molecular formula is C19H21FN2O2. The molecule has 1 saturated heterocycles. The van der Waals surface area contributed by atoms with Crippen LogP contribution < -0.4 is 10.2 Å². The number of anilines is 2. The summed E-state index contributed by atoms with van der Waals surface area (Å²) in [4.78, 5) is 14.4. The van der Waals surface area contributed by atoms with Gasteiger partial charge < -0.3 is 15.0 Å². The van der Waals surface area contributed by atoms with E-state index in [4.69, 9.17) is 4.74 Å². The van der Waals surface area contributed by atoms with E-state index >= 15 is 0 Å². The average molecular weight is 328 g/mol. The zero-order valence-electron chi connectivity index (χ0n) is 13.7. The Bertz CT molecular complexity index is 727. The van der Waals surface area contributed by atoms with Gasteiger partial charge in [-0.25, -0.2) is 4.39 Å². The molecule has 126 valence electrons. The minimum absolute atomic E-state index is 0.150. The second-order valence-electron chi connectivity index (χ2n) is 5.95. The smallest absolute Gasteiger partial charge is 0.228 e. The van der Waals surface area contributed by atoms with Crippen LogP contribution in [0, 0.1) is 12.7 Å². The normalized spacial score (nSPS) is 14.5. The summed E-state index contributed by atoms with van der Waals surface area (Å²) in [5, 5.41) is 2.90. The molecule has 0 aromatic heterocycles. The zero-order valence-corrected chi connectivity index (χ0v) is 13.7.